The van der Waals surface area contributed by atoms with Crippen LogP contribution in [0.25, 0.3) is 0 Å². The summed E-state index contributed by atoms with van der Waals surface area (Å²) in [6, 6.07) is 9.82. The summed E-state index contributed by atoms with van der Waals surface area (Å²) in [6.45, 7) is 0.616. The lowest BCUT2D eigenvalue weighted by Crippen LogP contribution is -2.56. The van der Waals surface area contributed by atoms with Crippen LogP contribution in [0.1, 0.15) is 43.2 Å². The summed E-state index contributed by atoms with van der Waals surface area (Å²) in [5, 5.41) is 9.71. The third kappa shape index (κ3) is 3.45. The molecule has 1 aliphatic heterocycles. The fraction of sp³-hybridized carbons (Fsp3) is 0.550. The highest BCUT2D eigenvalue weighted by Crippen LogP contribution is 2.33. The number of nitrogens with two attached hydrogens (primary N) is 1. The van der Waals surface area contributed by atoms with Crippen molar-refractivity contribution in [1.82, 2.24) is 9.80 Å². The first-order valence-electron chi connectivity index (χ1n) is 9.25. The quantitative estimate of drug-likeness (QED) is 0.889. The zero-order valence-corrected chi connectivity index (χ0v) is 15.3. The number of nitriles is 1. The Morgan fingerprint density at radius 2 is 1.92 bits per heavy atom. The molecule has 1 atom stereocenters. The van der Waals surface area contributed by atoms with E-state index < -0.39 is 17.5 Å². The fourth-order valence-corrected chi connectivity index (χ4v) is 4.20. The molecule has 0 unspecified atom stereocenters. The van der Waals surface area contributed by atoms with Gasteiger partial charge >= 0.3 is 0 Å². The van der Waals surface area contributed by atoms with E-state index in [4.69, 9.17) is 5.73 Å². The van der Waals surface area contributed by atoms with Gasteiger partial charge in [0.05, 0.1) is 18.7 Å². The maximum Gasteiger partial charge on any atom is 0.237 e. The number of fused-ring (bicyclic) bond motifs is 1. The van der Waals surface area contributed by atoms with Gasteiger partial charge in [-0.25, -0.2) is 0 Å². The molecule has 3 rings (SSSR count). The topological polar surface area (TPSA) is 90.4 Å². The summed E-state index contributed by atoms with van der Waals surface area (Å²) in [5.41, 5.74) is 7.11. The smallest absolute Gasteiger partial charge is 0.237 e. The minimum Gasteiger partial charge on any atom is -0.368 e. The maximum absolute atomic E-state index is 12.9. The number of nitrogens with zero attached hydrogens (tertiary/aromatic N) is 3. The van der Waals surface area contributed by atoms with E-state index in [9.17, 15) is 14.9 Å². The molecule has 2 amide bonds. The zero-order valence-electron chi connectivity index (χ0n) is 15.3. The summed E-state index contributed by atoms with van der Waals surface area (Å²) in [6.07, 6.45) is 4.99. The van der Waals surface area contributed by atoms with Crippen LogP contribution < -0.4 is 5.73 Å². The van der Waals surface area contributed by atoms with E-state index in [2.05, 4.69) is 6.07 Å². The Kier molecular flexibility index (Phi) is 5.28. The minimum atomic E-state index is -0.717. The molecule has 0 aromatic heterocycles. The molecule has 0 saturated heterocycles. The molecule has 1 heterocycles. The monoisotopic (exact) mass is 354 g/mol. The molecule has 6 nitrogen and oxygen atoms in total. The van der Waals surface area contributed by atoms with E-state index in [1.54, 1.807) is 11.9 Å². The van der Waals surface area contributed by atoms with E-state index in [0.717, 1.165) is 30.4 Å². The second-order valence-electron chi connectivity index (χ2n) is 7.45. The largest absolute Gasteiger partial charge is 0.368 e. The number of hydrogen-bond acceptors (Lipinski definition) is 4. The first-order valence-corrected chi connectivity index (χ1v) is 9.25. The van der Waals surface area contributed by atoms with Gasteiger partial charge in [0, 0.05) is 13.6 Å². The second kappa shape index (κ2) is 7.46. The first kappa shape index (κ1) is 18.4. The summed E-state index contributed by atoms with van der Waals surface area (Å²) in [5.74, 6) is -0.540. The molecule has 0 bridgehead atoms. The van der Waals surface area contributed by atoms with Gasteiger partial charge in [0.25, 0.3) is 0 Å². The lowest BCUT2D eigenvalue weighted by molar-refractivity contribution is -0.138. The number of carbonyl (C=O) groups is 2. The van der Waals surface area contributed by atoms with Gasteiger partial charge in [-0.3, -0.25) is 14.5 Å². The van der Waals surface area contributed by atoms with Crippen molar-refractivity contribution in [3.8, 4) is 6.07 Å². The predicted octanol–water partition coefficient (Wildman–Crippen LogP) is 1.58. The number of likely N-dealkylation sites (N-methyl/N-ethyl adjacent to an activating group) is 1. The average Bonchev–Trinajstić information content (AvgIpc) is 2.67. The van der Waals surface area contributed by atoms with Gasteiger partial charge in [0.2, 0.25) is 11.8 Å². The molecule has 26 heavy (non-hydrogen) atoms. The number of hydrogen-bond donors (Lipinski definition) is 1. The molecule has 1 saturated carbocycles. The van der Waals surface area contributed by atoms with Crippen LogP contribution in [0.3, 0.4) is 0 Å². The van der Waals surface area contributed by atoms with Crippen LogP contribution in [0.5, 0.6) is 0 Å². The molecule has 2 N–H and O–H groups in total. The predicted molar refractivity (Wildman–Crippen MR) is 97.7 cm³/mol. The van der Waals surface area contributed by atoms with Crippen molar-refractivity contribution in [2.45, 2.75) is 56.7 Å². The van der Waals surface area contributed by atoms with Crippen LogP contribution >= 0.6 is 0 Å². The van der Waals surface area contributed by atoms with Crippen LogP contribution in [-0.2, 0) is 22.6 Å². The molecule has 2 aliphatic rings. The Morgan fingerprint density at radius 3 is 2.54 bits per heavy atom. The Labute approximate surface area is 154 Å². The molecular weight excluding hydrogens is 328 g/mol. The highest BCUT2D eigenvalue weighted by atomic mass is 16.2. The van der Waals surface area contributed by atoms with Crippen LogP contribution in [-0.4, -0.2) is 46.8 Å². The van der Waals surface area contributed by atoms with Crippen molar-refractivity contribution >= 4 is 11.8 Å². The van der Waals surface area contributed by atoms with Gasteiger partial charge < -0.3 is 10.6 Å². The van der Waals surface area contributed by atoms with Gasteiger partial charge in [-0.1, -0.05) is 43.5 Å². The average molecular weight is 354 g/mol. The van der Waals surface area contributed by atoms with Crippen molar-refractivity contribution in [2.24, 2.45) is 5.73 Å². The van der Waals surface area contributed by atoms with Gasteiger partial charge in [0.1, 0.15) is 5.54 Å². The van der Waals surface area contributed by atoms with Crippen LogP contribution in [0.2, 0.25) is 0 Å². The third-order valence-corrected chi connectivity index (χ3v) is 5.92. The van der Waals surface area contributed by atoms with Crippen molar-refractivity contribution in [3.05, 3.63) is 35.4 Å². The Balaban J connectivity index is 1.77. The standard InChI is InChI=1S/C20H26N4O2/c1-23(20(14-21)9-5-2-6-10-20)18(25)13-24-12-16-8-4-3-7-15(16)11-17(24)19(22)26/h3-4,7-8,17H,2,5-6,9-13H2,1H3,(H2,22,26)/t17-/m0/s1. The Bertz CT molecular complexity index is 734. The summed E-state index contributed by atoms with van der Waals surface area (Å²) in [4.78, 5) is 28.3. The number of amides is 2. The van der Waals surface area contributed by atoms with Gasteiger partial charge in [-0.2, -0.15) is 5.26 Å². The fourth-order valence-electron chi connectivity index (χ4n) is 4.20. The van der Waals surface area contributed by atoms with E-state index in [1.165, 1.54) is 0 Å². The Hall–Kier alpha value is -2.39. The lowest BCUT2D eigenvalue weighted by atomic mass is 9.81. The summed E-state index contributed by atoms with van der Waals surface area (Å²) >= 11 is 0. The highest BCUT2D eigenvalue weighted by molar-refractivity contribution is 5.83. The van der Waals surface area contributed by atoms with Gasteiger partial charge in [-0.15, -0.1) is 0 Å². The van der Waals surface area contributed by atoms with E-state index in [-0.39, 0.29) is 12.5 Å². The normalized spacial score (nSPS) is 22.1. The molecular formula is C20H26N4O2. The highest BCUT2D eigenvalue weighted by Gasteiger charge is 2.40. The maximum atomic E-state index is 12.9. The van der Waals surface area contributed by atoms with E-state index >= 15 is 0 Å². The molecule has 1 aromatic carbocycles. The van der Waals surface area contributed by atoms with Crippen LogP contribution in [0, 0.1) is 11.3 Å². The van der Waals surface area contributed by atoms with Gasteiger partial charge in [0.15, 0.2) is 0 Å². The van der Waals surface area contributed by atoms with E-state index in [0.29, 0.717) is 25.8 Å². The minimum absolute atomic E-state index is 0.0991. The number of rotatable bonds is 4. The number of carbonyl (C=O) groups excluding carboxylic acids is 2. The third-order valence-electron chi connectivity index (χ3n) is 5.92. The SMILES string of the molecule is CN(C(=O)CN1Cc2ccccc2C[C@H]1C(N)=O)C1(C#N)CCCCC1. The van der Waals surface area contributed by atoms with Crippen molar-refractivity contribution < 1.29 is 9.59 Å². The molecule has 0 spiro atoms. The summed E-state index contributed by atoms with van der Waals surface area (Å²) < 4.78 is 0. The first-order chi connectivity index (χ1) is 12.5. The van der Waals surface area contributed by atoms with Crippen molar-refractivity contribution in [3.63, 3.8) is 0 Å². The van der Waals surface area contributed by atoms with Crippen LogP contribution in [0.15, 0.2) is 24.3 Å². The molecule has 1 aromatic rings. The molecule has 1 fully saturated rings. The number of primary amides is 1. The van der Waals surface area contributed by atoms with Crippen LogP contribution in [0.4, 0.5) is 0 Å². The second-order valence-corrected chi connectivity index (χ2v) is 7.45. The zero-order chi connectivity index (χ0) is 18.7. The molecule has 0 radical (unpaired) electrons. The van der Waals surface area contributed by atoms with E-state index in [1.807, 2.05) is 29.2 Å². The number of benzene rings is 1. The molecule has 138 valence electrons. The van der Waals surface area contributed by atoms with Gasteiger partial charge in [-0.05, 0) is 30.4 Å². The molecule has 1 aliphatic carbocycles. The summed E-state index contributed by atoms with van der Waals surface area (Å²) in [7, 11) is 1.72. The van der Waals surface area contributed by atoms with Crippen molar-refractivity contribution in [2.75, 3.05) is 13.6 Å². The lowest BCUT2D eigenvalue weighted by Gasteiger charge is -2.41. The molecule has 6 heteroatoms. The van der Waals surface area contributed by atoms with Crippen molar-refractivity contribution in [1.29, 1.82) is 5.26 Å². The Morgan fingerprint density at radius 1 is 1.27 bits per heavy atom.